The monoisotopic (exact) mass is 393 g/mol. The van der Waals surface area contributed by atoms with Crippen LogP contribution in [0.2, 0.25) is 0 Å². The SMILES string of the molecule is CCN1CCN(C(=O)c2cc(Nc3ccccc3C(F)(F)F)nc(C)n2)CC1. The number of hydrogen-bond acceptors (Lipinski definition) is 5. The Morgan fingerprint density at radius 3 is 2.46 bits per heavy atom. The highest BCUT2D eigenvalue weighted by Gasteiger charge is 2.33. The molecule has 0 atom stereocenters. The number of aromatic nitrogens is 2. The van der Waals surface area contributed by atoms with Crippen molar-refractivity contribution in [2.45, 2.75) is 20.0 Å². The summed E-state index contributed by atoms with van der Waals surface area (Å²) in [5.74, 6) is 0.221. The third kappa shape index (κ3) is 4.59. The van der Waals surface area contributed by atoms with Crippen LogP contribution in [-0.2, 0) is 6.18 Å². The Morgan fingerprint density at radius 1 is 1.14 bits per heavy atom. The number of nitrogens with one attached hydrogen (secondary N) is 1. The molecule has 1 aromatic carbocycles. The number of carbonyl (C=O) groups excluding carboxylic acids is 1. The Kier molecular flexibility index (Phi) is 5.83. The Balaban J connectivity index is 1.82. The van der Waals surface area contributed by atoms with E-state index >= 15 is 0 Å². The molecule has 2 heterocycles. The van der Waals surface area contributed by atoms with E-state index in [-0.39, 0.29) is 23.1 Å². The standard InChI is InChI=1S/C19H22F3N5O/c1-3-26-8-10-27(11-9-26)18(28)16-12-17(24-13(2)23-16)25-15-7-5-4-6-14(15)19(20,21)22/h4-7,12H,3,8-11H2,1-2H3,(H,23,24,25). The number of amides is 1. The van der Waals surface area contributed by atoms with E-state index in [0.717, 1.165) is 25.7 Å². The number of rotatable bonds is 4. The molecule has 2 aromatic rings. The Morgan fingerprint density at radius 2 is 1.82 bits per heavy atom. The van der Waals surface area contributed by atoms with Gasteiger partial charge in [-0.3, -0.25) is 4.79 Å². The Hall–Kier alpha value is -2.68. The Labute approximate surface area is 161 Å². The molecule has 1 fully saturated rings. The molecule has 0 unspecified atom stereocenters. The van der Waals surface area contributed by atoms with Crippen molar-refractivity contribution in [3.8, 4) is 0 Å². The highest BCUT2D eigenvalue weighted by molar-refractivity contribution is 5.93. The largest absolute Gasteiger partial charge is 0.418 e. The van der Waals surface area contributed by atoms with E-state index < -0.39 is 11.7 Å². The van der Waals surface area contributed by atoms with Crippen LogP contribution in [0.4, 0.5) is 24.7 Å². The van der Waals surface area contributed by atoms with Gasteiger partial charge in [-0.25, -0.2) is 9.97 Å². The van der Waals surface area contributed by atoms with Crippen LogP contribution < -0.4 is 5.32 Å². The molecule has 0 spiro atoms. The first-order valence-corrected chi connectivity index (χ1v) is 9.08. The van der Waals surface area contributed by atoms with Crippen molar-refractivity contribution in [3.05, 3.63) is 47.4 Å². The highest BCUT2D eigenvalue weighted by atomic mass is 19.4. The summed E-state index contributed by atoms with van der Waals surface area (Å²) in [6.45, 7) is 7.37. The summed E-state index contributed by atoms with van der Waals surface area (Å²) in [6.07, 6.45) is -4.50. The number of alkyl halides is 3. The molecule has 1 saturated heterocycles. The van der Waals surface area contributed by atoms with E-state index in [1.165, 1.54) is 24.3 Å². The lowest BCUT2D eigenvalue weighted by Gasteiger charge is -2.33. The zero-order valence-corrected chi connectivity index (χ0v) is 15.8. The minimum absolute atomic E-state index is 0.122. The lowest BCUT2D eigenvalue weighted by atomic mass is 10.1. The second-order valence-corrected chi connectivity index (χ2v) is 6.58. The number of piperazine rings is 1. The van der Waals surface area contributed by atoms with Gasteiger partial charge in [-0.05, 0) is 25.6 Å². The summed E-state index contributed by atoms with van der Waals surface area (Å²) in [5, 5.41) is 2.68. The average Bonchev–Trinajstić information content (AvgIpc) is 2.66. The second-order valence-electron chi connectivity index (χ2n) is 6.58. The highest BCUT2D eigenvalue weighted by Crippen LogP contribution is 2.35. The van der Waals surface area contributed by atoms with Crippen molar-refractivity contribution >= 4 is 17.4 Å². The lowest BCUT2D eigenvalue weighted by Crippen LogP contribution is -2.48. The molecule has 1 aromatic heterocycles. The number of likely N-dealkylation sites (N-methyl/N-ethyl adjacent to an activating group) is 1. The van der Waals surface area contributed by atoms with Crippen molar-refractivity contribution in [2.24, 2.45) is 0 Å². The topological polar surface area (TPSA) is 61.4 Å². The molecule has 1 amide bonds. The van der Waals surface area contributed by atoms with E-state index in [1.807, 2.05) is 0 Å². The van der Waals surface area contributed by atoms with Crippen LogP contribution in [0.1, 0.15) is 28.8 Å². The van der Waals surface area contributed by atoms with Gasteiger partial charge < -0.3 is 15.1 Å². The van der Waals surface area contributed by atoms with Crippen molar-refractivity contribution < 1.29 is 18.0 Å². The number of aryl methyl sites for hydroxylation is 1. The molecule has 6 nitrogen and oxygen atoms in total. The van der Waals surface area contributed by atoms with Crippen molar-refractivity contribution in [2.75, 3.05) is 38.0 Å². The predicted octanol–water partition coefficient (Wildman–Crippen LogP) is 3.33. The van der Waals surface area contributed by atoms with Gasteiger partial charge in [0.25, 0.3) is 5.91 Å². The molecular formula is C19H22F3N5O. The van der Waals surface area contributed by atoms with Crippen LogP contribution >= 0.6 is 0 Å². The maximum atomic E-state index is 13.2. The first-order valence-electron chi connectivity index (χ1n) is 9.08. The summed E-state index contributed by atoms with van der Waals surface area (Å²) < 4.78 is 39.6. The predicted molar refractivity (Wildman–Crippen MR) is 99.5 cm³/mol. The summed E-state index contributed by atoms with van der Waals surface area (Å²) in [6, 6.07) is 6.55. The second kappa shape index (κ2) is 8.14. The van der Waals surface area contributed by atoms with Gasteiger partial charge in [0.2, 0.25) is 0 Å². The zero-order valence-electron chi connectivity index (χ0n) is 15.8. The number of anilines is 2. The average molecular weight is 393 g/mol. The van der Waals surface area contributed by atoms with Crippen molar-refractivity contribution in [1.82, 2.24) is 19.8 Å². The van der Waals surface area contributed by atoms with E-state index in [0.29, 0.717) is 18.9 Å². The van der Waals surface area contributed by atoms with Crippen LogP contribution in [0.25, 0.3) is 0 Å². The van der Waals surface area contributed by atoms with Crippen LogP contribution in [0.5, 0.6) is 0 Å². The summed E-state index contributed by atoms with van der Waals surface area (Å²) in [5.41, 5.74) is -0.748. The van der Waals surface area contributed by atoms with Gasteiger partial charge in [0, 0.05) is 32.2 Å². The molecule has 28 heavy (non-hydrogen) atoms. The van der Waals surface area contributed by atoms with Crippen LogP contribution in [-0.4, -0.2) is 58.4 Å². The van der Waals surface area contributed by atoms with Crippen LogP contribution in [0, 0.1) is 6.92 Å². The summed E-state index contributed by atoms with van der Waals surface area (Å²) in [4.78, 5) is 25.1. The maximum absolute atomic E-state index is 13.2. The molecule has 0 radical (unpaired) electrons. The van der Waals surface area contributed by atoms with Gasteiger partial charge in [-0.2, -0.15) is 13.2 Å². The molecule has 1 N–H and O–H groups in total. The smallest absolute Gasteiger partial charge is 0.340 e. The van der Waals surface area contributed by atoms with Crippen molar-refractivity contribution in [3.63, 3.8) is 0 Å². The number of para-hydroxylation sites is 1. The fourth-order valence-corrected chi connectivity index (χ4v) is 3.15. The van der Waals surface area contributed by atoms with Gasteiger partial charge in [0.1, 0.15) is 17.3 Å². The quantitative estimate of drug-likeness (QED) is 0.864. The van der Waals surface area contributed by atoms with E-state index in [4.69, 9.17) is 0 Å². The van der Waals surface area contributed by atoms with E-state index in [2.05, 4.69) is 27.1 Å². The number of halogens is 3. The number of nitrogens with zero attached hydrogens (tertiary/aromatic N) is 4. The zero-order chi connectivity index (χ0) is 20.3. The van der Waals surface area contributed by atoms with Gasteiger partial charge in [-0.15, -0.1) is 0 Å². The number of benzene rings is 1. The first-order chi connectivity index (χ1) is 13.3. The molecule has 3 rings (SSSR count). The summed E-state index contributed by atoms with van der Waals surface area (Å²) >= 11 is 0. The molecular weight excluding hydrogens is 371 g/mol. The van der Waals surface area contributed by atoms with E-state index in [9.17, 15) is 18.0 Å². The Bertz CT molecular complexity index is 848. The van der Waals surface area contributed by atoms with Gasteiger partial charge in [-0.1, -0.05) is 19.1 Å². The normalized spacial score (nSPS) is 15.5. The van der Waals surface area contributed by atoms with Crippen LogP contribution in [0.15, 0.2) is 30.3 Å². The van der Waals surface area contributed by atoms with E-state index in [1.54, 1.807) is 11.8 Å². The maximum Gasteiger partial charge on any atom is 0.418 e. The third-order valence-electron chi connectivity index (χ3n) is 4.66. The molecule has 0 bridgehead atoms. The molecule has 150 valence electrons. The fourth-order valence-electron chi connectivity index (χ4n) is 3.15. The number of carbonyl (C=O) groups is 1. The third-order valence-corrected chi connectivity index (χ3v) is 4.66. The molecule has 0 saturated carbocycles. The van der Waals surface area contributed by atoms with Crippen molar-refractivity contribution in [1.29, 1.82) is 0 Å². The molecule has 9 heteroatoms. The molecule has 1 aliphatic rings. The number of hydrogen-bond donors (Lipinski definition) is 1. The molecule has 1 aliphatic heterocycles. The fraction of sp³-hybridized carbons (Fsp3) is 0.421. The summed E-state index contributed by atoms with van der Waals surface area (Å²) in [7, 11) is 0. The minimum atomic E-state index is -4.50. The first kappa shape index (κ1) is 20.1. The van der Waals surface area contributed by atoms with Gasteiger partial charge >= 0.3 is 6.18 Å². The molecule has 0 aliphatic carbocycles. The lowest BCUT2D eigenvalue weighted by molar-refractivity contribution is -0.136. The van der Waals surface area contributed by atoms with Crippen LogP contribution in [0.3, 0.4) is 0 Å². The minimum Gasteiger partial charge on any atom is -0.340 e. The van der Waals surface area contributed by atoms with Gasteiger partial charge in [0.05, 0.1) is 11.3 Å². The van der Waals surface area contributed by atoms with Gasteiger partial charge in [0.15, 0.2) is 0 Å².